The van der Waals surface area contributed by atoms with Crippen molar-refractivity contribution in [3.8, 4) is 0 Å². The van der Waals surface area contributed by atoms with Crippen LogP contribution in [0.2, 0.25) is 0 Å². The lowest BCUT2D eigenvalue weighted by Crippen LogP contribution is -2.14. The van der Waals surface area contributed by atoms with Gasteiger partial charge in [0.1, 0.15) is 11.4 Å². The Labute approximate surface area is 85.8 Å². The van der Waals surface area contributed by atoms with Crippen molar-refractivity contribution in [2.24, 2.45) is 0 Å². The van der Waals surface area contributed by atoms with Crippen LogP contribution >= 0.6 is 0 Å². The van der Waals surface area contributed by atoms with Gasteiger partial charge in [-0.15, -0.1) is 0 Å². The number of anilines is 1. The standard InChI is InChI=1S/C9H10N4O2/c1-12(2)7-3-4-10-8-6(9(14)15)5-11-13(7)8/h3-5H,1-2H3,(H,14,15). The van der Waals surface area contributed by atoms with Crippen LogP contribution < -0.4 is 4.90 Å². The summed E-state index contributed by atoms with van der Waals surface area (Å²) in [6, 6.07) is 1.77. The minimum Gasteiger partial charge on any atom is -0.477 e. The molecule has 0 amide bonds. The summed E-state index contributed by atoms with van der Waals surface area (Å²) < 4.78 is 1.50. The van der Waals surface area contributed by atoms with Crippen LogP contribution in [-0.2, 0) is 0 Å². The highest BCUT2D eigenvalue weighted by molar-refractivity contribution is 5.94. The van der Waals surface area contributed by atoms with E-state index < -0.39 is 5.97 Å². The van der Waals surface area contributed by atoms with Gasteiger partial charge >= 0.3 is 5.97 Å². The van der Waals surface area contributed by atoms with Crippen molar-refractivity contribution in [3.63, 3.8) is 0 Å². The molecule has 2 heterocycles. The molecule has 2 aromatic heterocycles. The number of hydrogen-bond donors (Lipinski definition) is 1. The van der Waals surface area contributed by atoms with E-state index in [-0.39, 0.29) is 5.56 Å². The van der Waals surface area contributed by atoms with Crippen molar-refractivity contribution in [1.29, 1.82) is 0 Å². The Bertz CT molecular complexity index is 518. The van der Waals surface area contributed by atoms with Crippen molar-refractivity contribution >= 4 is 17.4 Å². The van der Waals surface area contributed by atoms with Gasteiger partial charge in [-0.2, -0.15) is 9.61 Å². The summed E-state index contributed by atoms with van der Waals surface area (Å²) in [6.07, 6.45) is 2.87. The summed E-state index contributed by atoms with van der Waals surface area (Å²) in [6.45, 7) is 0. The summed E-state index contributed by atoms with van der Waals surface area (Å²) in [7, 11) is 3.72. The maximum absolute atomic E-state index is 10.9. The molecular weight excluding hydrogens is 196 g/mol. The Hall–Kier alpha value is -2.11. The number of carbonyl (C=O) groups is 1. The van der Waals surface area contributed by atoms with E-state index in [9.17, 15) is 4.79 Å². The summed E-state index contributed by atoms with van der Waals surface area (Å²) in [5.41, 5.74) is 0.465. The third-order valence-corrected chi connectivity index (χ3v) is 2.07. The Balaban J connectivity index is 2.74. The van der Waals surface area contributed by atoms with Gasteiger partial charge in [0.05, 0.1) is 6.20 Å². The highest BCUT2D eigenvalue weighted by Gasteiger charge is 2.14. The average Bonchev–Trinajstić information content (AvgIpc) is 2.59. The molecule has 0 aliphatic rings. The Morgan fingerprint density at radius 3 is 2.87 bits per heavy atom. The summed E-state index contributed by atoms with van der Waals surface area (Å²) >= 11 is 0. The fraction of sp³-hybridized carbons (Fsp3) is 0.222. The maximum atomic E-state index is 10.9. The third kappa shape index (κ3) is 1.39. The average molecular weight is 206 g/mol. The number of carboxylic acids is 1. The quantitative estimate of drug-likeness (QED) is 0.774. The second kappa shape index (κ2) is 3.23. The first-order valence-corrected chi connectivity index (χ1v) is 4.34. The number of nitrogens with zero attached hydrogens (tertiary/aromatic N) is 4. The predicted molar refractivity (Wildman–Crippen MR) is 54.3 cm³/mol. The highest BCUT2D eigenvalue weighted by atomic mass is 16.4. The van der Waals surface area contributed by atoms with Crippen LogP contribution in [0.1, 0.15) is 10.4 Å². The van der Waals surface area contributed by atoms with Crippen molar-refractivity contribution in [2.45, 2.75) is 0 Å². The molecule has 1 N–H and O–H groups in total. The van der Waals surface area contributed by atoms with Crippen molar-refractivity contribution in [3.05, 3.63) is 24.0 Å². The maximum Gasteiger partial charge on any atom is 0.341 e. The SMILES string of the molecule is CN(C)c1ccnc2c(C(=O)O)cnn12. The van der Waals surface area contributed by atoms with Crippen molar-refractivity contribution in [1.82, 2.24) is 14.6 Å². The molecule has 78 valence electrons. The summed E-state index contributed by atoms with van der Waals surface area (Å²) in [5.74, 6) is -0.235. The first-order chi connectivity index (χ1) is 7.11. The number of carboxylic acid groups (broad SMARTS) is 1. The molecular formula is C9H10N4O2. The van der Waals surface area contributed by atoms with Gasteiger partial charge in [-0.3, -0.25) is 0 Å². The second-order valence-electron chi connectivity index (χ2n) is 3.30. The van der Waals surface area contributed by atoms with Gasteiger partial charge < -0.3 is 10.0 Å². The van der Waals surface area contributed by atoms with Gasteiger partial charge in [-0.25, -0.2) is 9.78 Å². The van der Waals surface area contributed by atoms with Crippen LogP contribution in [0.3, 0.4) is 0 Å². The summed E-state index contributed by atoms with van der Waals surface area (Å²) in [4.78, 5) is 16.7. The van der Waals surface area contributed by atoms with Crippen LogP contribution in [0.5, 0.6) is 0 Å². The Morgan fingerprint density at radius 2 is 2.27 bits per heavy atom. The molecule has 0 saturated heterocycles. The molecule has 0 spiro atoms. The fourth-order valence-electron chi connectivity index (χ4n) is 1.37. The van der Waals surface area contributed by atoms with Gasteiger partial charge in [0, 0.05) is 20.3 Å². The van der Waals surface area contributed by atoms with E-state index >= 15 is 0 Å². The van der Waals surface area contributed by atoms with E-state index in [0.29, 0.717) is 5.65 Å². The second-order valence-corrected chi connectivity index (χ2v) is 3.30. The largest absolute Gasteiger partial charge is 0.477 e. The van der Waals surface area contributed by atoms with Gasteiger partial charge in [-0.1, -0.05) is 0 Å². The van der Waals surface area contributed by atoms with Crippen LogP contribution in [0.4, 0.5) is 5.82 Å². The van der Waals surface area contributed by atoms with Gasteiger partial charge in [-0.05, 0) is 6.07 Å². The molecule has 0 atom stereocenters. The molecule has 2 rings (SSSR count). The molecule has 0 bridgehead atoms. The summed E-state index contributed by atoms with van der Waals surface area (Å²) in [5, 5.41) is 12.9. The lowest BCUT2D eigenvalue weighted by molar-refractivity contribution is 0.0699. The van der Waals surface area contributed by atoms with Crippen LogP contribution in [0.15, 0.2) is 18.5 Å². The van der Waals surface area contributed by atoms with E-state index in [1.807, 2.05) is 19.0 Å². The zero-order chi connectivity index (χ0) is 11.0. The molecule has 0 aromatic carbocycles. The van der Waals surface area contributed by atoms with E-state index in [2.05, 4.69) is 10.1 Å². The van der Waals surface area contributed by atoms with Crippen LogP contribution in [-0.4, -0.2) is 39.8 Å². The van der Waals surface area contributed by atoms with Crippen molar-refractivity contribution in [2.75, 3.05) is 19.0 Å². The predicted octanol–water partition coefficient (Wildman–Crippen LogP) is 0.493. The molecule has 0 aliphatic carbocycles. The van der Waals surface area contributed by atoms with Crippen LogP contribution in [0.25, 0.3) is 5.65 Å². The fourth-order valence-corrected chi connectivity index (χ4v) is 1.37. The number of rotatable bonds is 2. The molecule has 0 aliphatic heterocycles. The lowest BCUT2D eigenvalue weighted by Gasteiger charge is -2.12. The highest BCUT2D eigenvalue weighted by Crippen LogP contribution is 2.15. The molecule has 6 nitrogen and oxygen atoms in total. The van der Waals surface area contributed by atoms with E-state index in [4.69, 9.17) is 5.11 Å². The van der Waals surface area contributed by atoms with Gasteiger partial charge in [0.15, 0.2) is 5.65 Å². The number of fused-ring (bicyclic) bond motifs is 1. The molecule has 0 fully saturated rings. The third-order valence-electron chi connectivity index (χ3n) is 2.07. The molecule has 0 radical (unpaired) electrons. The van der Waals surface area contributed by atoms with Crippen LogP contribution in [0, 0.1) is 0 Å². The molecule has 2 aromatic rings. The lowest BCUT2D eigenvalue weighted by atomic mass is 10.3. The Kier molecular flexibility index (Phi) is 2.03. The van der Waals surface area contributed by atoms with Gasteiger partial charge in [0.25, 0.3) is 0 Å². The molecule has 15 heavy (non-hydrogen) atoms. The minimum absolute atomic E-state index is 0.110. The molecule has 0 unspecified atom stereocenters. The number of aromatic nitrogens is 3. The monoisotopic (exact) mass is 206 g/mol. The van der Waals surface area contributed by atoms with E-state index in [1.54, 1.807) is 12.3 Å². The van der Waals surface area contributed by atoms with E-state index in [0.717, 1.165) is 5.82 Å². The van der Waals surface area contributed by atoms with E-state index in [1.165, 1.54) is 10.7 Å². The first-order valence-electron chi connectivity index (χ1n) is 4.34. The normalized spacial score (nSPS) is 10.5. The number of hydrogen-bond acceptors (Lipinski definition) is 4. The van der Waals surface area contributed by atoms with Crippen molar-refractivity contribution < 1.29 is 9.90 Å². The zero-order valence-electron chi connectivity index (χ0n) is 8.38. The minimum atomic E-state index is -1.02. The smallest absolute Gasteiger partial charge is 0.341 e. The first kappa shape index (κ1) is 9.45. The Morgan fingerprint density at radius 1 is 1.53 bits per heavy atom. The zero-order valence-corrected chi connectivity index (χ0v) is 8.38. The van der Waals surface area contributed by atoms with Gasteiger partial charge in [0.2, 0.25) is 0 Å². The molecule has 6 heteroatoms. The number of aromatic carboxylic acids is 1. The topological polar surface area (TPSA) is 70.7 Å². The molecule has 0 saturated carbocycles.